The summed E-state index contributed by atoms with van der Waals surface area (Å²) in [7, 11) is 1.56. The van der Waals surface area contributed by atoms with Gasteiger partial charge in [0.1, 0.15) is 5.60 Å². The third-order valence-corrected chi connectivity index (χ3v) is 4.51. The average Bonchev–Trinajstić information content (AvgIpc) is 2.57. The quantitative estimate of drug-likeness (QED) is 0.697. The summed E-state index contributed by atoms with van der Waals surface area (Å²) in [6.07, 6.45) is 1.50. The van der Waals surface area contributed by atoms with E-state index in [0.717, 1.165) is 23.2 Å². The third kappa shape index (κ3) is 5.02. The predicted octanol–water partition coefficient (Wildman–Crippen LogP) is 1.66. The fourth-order valence-electron chi connectivity index (χ4n) is 2.56. The number of ether oxygens (including phenoxy) is 1. The molecule has 1 heterocycles. The number of nitrogens with one attached hydrogen (secondary N) is 3. The van der Waals surface area contributed by atoms with Gasteiger partial charge in [-0.2, -0.15) is 0 Å². The van der Waals surface area contributed by atoms with Crippen molar-refractivity contribution in [3.05, 3.63) is 28.7 Å². The lowest BCUT2D eigenvalue weighted by molar-refractivity contribution is -0.146. The van der Waals surface area contributed by atoms with Crippen LogP contribution in [0.1, 0.15) is 19.3 Å². The van der Waals surface area contributed by atoms with Gasteiger partial charge in [-0.15, -0.1) is 0 Å². The van der Waals surface area contributed by atoms with Gasteiger partial charge in [-0.1, -0.05) is 15.9 Å². The highest BCUT2D eigenvalue weighted by Gasteiger charge is 2.39. The number of benzene rings is 1. The molecule has 6 nitrogen and oxygen atoms in total. The molecular weight excluding hydrogens is 362 g/mol. The maximum absolute atomic E-state index is 12.3. The van der Waals surface area contributed by atoms with Crippen molar-refractivity contribution in [2.75, 3.05) is 32.1 Å². The van der Waals surface area contributed by atoms with Crippen LogP contribution >= 0.6 is 15.9 Å². The SMILES string of the molecule is COC1(C(=O)NCCC(=O)Nc2ccc(Br)cc2)CCNCC1. The van der Waals surface area contributed by atoms with Gasteiger partial charge >= 0.3 is 0 Å². The summed E-state index contributed by atoms with van der Waals surface area (Å²) in [5.74, 6) is -0.276. The van der Waals surface area contributed by atoms with Crippen LogP contribution in [0.4, 0.5) is 5.69 Å². The topological polar surface area (TPSA) is 79.5 Å². The number of hydrogen-bond donors (Lipinski definition) is 3. The number of piperidine rings is 1. The minimum absolute atomic E-state index is 0.135. The lowest BCUT2D eigenvalue weighted by Crippen LogP contribution is -2.54. The fraction of sp³-hybridized carbons (Fsp3) is 0.500. The largest absolute Gasteiger partial charge is 0.368 e. The number of amides is 2. The molecule has 3 N–H and O–H groups in total. The first-order chi connectivity index (χ1) is 11.1. The smallest absolute Gasteiger partial charge is 0.252 e. The van der Waals surface area contributed by atoms with E-state index in [4.69, 9.17) is 4.74 Å². The molecule has 2 amide bonds. The predicted molar refractivity (Wildman–Crippen MR) is 92.2 cm³/mol. The standard InChI is InChI=1S/C16H22BrN3O3/c1-23-16(7-10-18-11-8-16)15(22)19-9-6-14(21)20-13-4-2-12(17)3-5-13/h2-5,18H,6-11H2,1H3,(H,19,22)(H,20,21). The van der Waals surface area contributed by atoms with Crippen LogP contribution in [0, 0.1) is 0 Å². The number of hydrogen-bond acceptors (Lipinski definition) is 4. The van der Waals surface area contributed by atoms with E-state index in [9.17, 15) is 9.59 Å². The molecule has 1 saturated heterocycles. The van der Waals surface area contributed by atoms with Crippen LogP contribution in [0.3, 0.4) is 0 Å². The Kier molecular flexibility index (Phi) is 6.56. The van der Waals surface area contributed by atoms with Gasteiger partial charge in [-0.3, -0.25) is 9.59 Å². The molecule has 0 spiro atoms. The first-order valence-corrected chi connectivity index (χ1v) is 8.45. The molecule has 0 radical (unpaired) electrons. The minimum atomic E-state index is -0.770. The van der Waals surface area contributed by atoms with Crippen LogP contribution in [0.15, 0.2) is 28.7 Å². The zero-order valence-corrected chi connectivity index (χ0v) is 14.7. The van der Waals surface area contributed by atoms with E-state index >= 15 is 0 Å². The lowest BCUT2D eigenvalue weighted by Gasteiger charge is -2.34. The summed E-state index contributed by atoms with van der Waals surface area (Å²) in [5, 5.41) is 8.81. The molecule has 1 fully saturated rings. The molecule has 0 aromatic heterocycles. The highest BCUT2D eigenvalue weighted by molar-refractivity contribution is 9.10. The van der Waals surface area contributed by atoms with Crippen molar-refractivity contribution in [2.45, 2.75) is 24.9 Å². The third-order valence-electron chi connectivity index (χ3n) is 3.98. The van der Waals surface area contributed by atoms with Gasteiger partial charge < -0.3 is 20.7 Å². The number of halogens is 1. The zero-order chi connectivity index (χ0) is 16.7. The molecule has 1 aromatic carbocycles. The molecule has 0 atom stereocenters. The molecule has 0 saturated carbocycles. The van der Waals surface area contributed by atoms with Gasteiger partial charge in [0, 0.05) is 30.2 Å². The van der Waals surface area contributed by atoms with E-state index in [2.05, 4.69) is 31.9 Å². The first kappa shape index (κ1) is 17.9. The highest BCUT2D eigenvalue weighted by atomic mass is 79.9. The van der Waals surface area contributed by atoms with Gasteiger partial charge in [0.05, 0.1) is 0 Å². The van der Waals surface area contributed by atoms with E-state index in [1.165, 1.54) is 0 Å². The van der Waals surface area contributed by atoms with Gasteiger partial charge in [0.15, 0.2) is 0 Å². The Hall–Kier alpha value is -1.44. The van der Waals surface area contributed by atoms with Crippen molar-refractivity contribution >= 4 is 33.4 Å². The van der Waals surface area contributed by atoms with Crippen molar-refractivity contribution in [1.29, 1.82) is 0 Å². The monoisotopic (exact) mass is 383 g/mol. The van der Waals surface area contributed by atoms with Crippen LogP contribution in [-0.2, 0) is 14.3 Å². The molecule has 0 unspecified atom stereocenters. The Labute approximate surface area is 144 Å². The second kappa shape index (κ2) is 8.42. The van der Waals surface area contributed by atoms with Crippen LogP contribution in [0.2, 0.25) is 0 Å². The van der Waals surface area contributed by atoms with Gasteiger partial charge in [0.25, 0.3) is 5.91 Å². The van der Waals surface area contributed by atoms with Gasteiger partial charge in [-0.25, -0.2) is 0 Å². The first-order valence-electron chi connectivity index (χ1n) is 7.65. The molecular formula is C16H22BrN3O3. The molecule has 0 aliphatic carbocycles. The molecule has 1 aliphatic rings. The number of carbonyl (C=O) groups excluding carboxylic acids is 2. The summed E-state index contributed by atoms with van der Waals surface area (Å²) >= 11 is 3.34. The maximum atomic E-state index is 12.3. The fourth-order valence-corrected chi connectivity index (χ4v) is 2.83. The lowest BCUT2D eigenvalue weighted by atomic mass is 9.91. The Bertz CT molecular complexity index is 542. The van der Waals surface area contributed by atoms with Crippen LogP contribution < -0.4 is 16.0 Å². The molecule has 23 heavy (non-hydrogen) atoms. The van der Waals surface area contributed by atoms with E-state index in [1.807, 2.05) is 24.3 Å². The molecule has 126 valence electrons. The molecule has 2 rings (SSSR count). The van der Waals surface area contributed by atoms with Crippen molar-refractivity contribution in [2.24, 2.45) is 0 Å². The van der Waals surface area contributed by atoms with Crippen molar-refractivity contribution in [1.82, 2.24) is 10.6 Å². The van der Waals surface area contributed by atoms with Crippen molar-refractivity contribution < 1.29 is 14.3 Å². The second-order valence-electron chi connectivity index (χ2n) is 5.51. The molecule has 0 bridgehead atoms. The number of rotatable bonds is 6. The summed E-state index contributed by atoms with van der Waals surface area (Å²) in [5.41, 5.74) is -0.0378. The van der Waals surface area contributed by atoms with Gasteiger partial charge in [0.2, 0.25) is 5.91 Å². The van der Waals surface area contributed by atoms with Gasteiger partial charge in [-0.05, 0) is 50.2 Å². The Morgan fingerprint density at radius 3 is 2.52 bits per heavy atom. The Balaban J connectivity index is 1.76. The van der Waals surface area contributed by atoms with Crippen LogP contribution in [-0.4, -0.2) is 44.2 Å². The second-order valence-corrected chi connectivity index (χ2v) is 6.43. The maximum Gasteiger partial charge on any atom is 0.252 e. The van der Waals surface area contributed by atoms with E-state index in [0.29, 0.717) is 19.4 Å². The van der Waals surface area contributed by atoms with Crippen LogP contribution in [0.5, 0.6) is 0 Å². The molecule has 1 aromatic rings. The van der Waals surface area contributed by atoms with Crippen molar-refractivity contribution in [3.8, 4) is 0 Å². The number of anilines is 1. The van der Waals surface area contributed by atoms with E-state index < -0.39 is 5.60 Å². The van der Waals surface area contributed by atoms with E-state index in [1.54, 1.807) is 7.11 Å². The number of methoxy groups -OCH3 is 1. The average molecular weight is 384 g/mol. The summed E-state index contributed by atoms with van der Waals surface area (Å²) in [4.78, 5) is 24.2. The normalized spacial score (nSPS) is 16.6. The summed E-state index contributed by atoms with van der Waals surface area (Å²) in [6, 6.07) is 7.35. The Morgan fingerprint density at radius 2 is 1.91 bits per heavy atom. The molecule has 1 aliphatic heterocycles. The minimum Gasteiger partial charge on any atom is -0.368 e. The van der Waals surface area contributed by atoms with Crippen molar-refractivity contribution in [3.63, 3.8) is 0 Å². The Morgan fingerprint density at radius 1 is 1.26 bits per heavy atom. The number of carbonyl (C=O) groups is 2. The van der Waals surface area contributed by atoms with Crippen LogP contribution in [0.25, 0.3) is 0 Å². The highest BCUT2D eigenvalue weighted by Crippen LogP contribution is 2.22. The summed E-state index contributed by atoms with van der Waals surface area (Å²) < 4.78 is 6.40. The van der Waals surface area contributed by atoms with E-state index in [-0.39, 0.29) is 18.2 Å². The molecule has 7 heteroatoms. The summed E-state index contributed by atoms with van der Waals surface area (Å²) in [6.45, 7) is 1.80. The zero-order valence-electron chi connectivity index (χ0n) is 13.2.